The van der Waals surface area contributed by atoms with Gasteiger partial charge in [0, 0.05) is 14.2 Å². The summed E-state index contributed by atoms with van der Waals surface area (Å²) in [5.41, 5.74) is 1.81. The van der Waals surface area contributed by atoms with Gasteiger partial charge in [-0.1, -0.05) is 48.5 Å². The first-order valence-electron chi connectivity index (χ1n) is 7.55. The predicted molar refractivity (Wildman–Crippen MR) is 109 cm³/mol. The van der Waals surface area contributed by atoms with Gasteiger partial charge in [0.15, 0.2) is 0 Å². The lowest BCUT2D eigenvalue weighted by Gasteiger charge is -2.17. The Morgan fingerprint density at radius 3 is 2.04 bits per heavy atom. The zero-order valence-electron chi connectivity index (χ0n) is 12.9. The van der Waals surface area contributed by atoms with Gasteiger partial charge in [-0.25, -0.2) is 0 Å². The summed E-state index contributed by atoms with van der Waals surface area (Å²) in [6, 6.07) is 27.7. The molecule has 0 bridgehead atoms. The van der Waals surface area contributed by atoms with Crippen LogP contribution in [0.4, 0.5) is 5.69 Å². The average molecular weight is 445 g/mol. The molecule has 120 valence electrons. The Morgan fingerprint density at radius 2 is 1.42 bits per heavy atom. The molecule has 0 heterocycles. The van der Waals surface area contributed by atoms with Gasteiger partial charge in [0.25, 0.3) is 0 Å². The van der Waals surface area contributed by atoms with E-state index in [1.807, 2.05) is 84.9 Å². The van der Waals surface area contributed by atoms with E-state index in [1.54, 1.807) is 11.8 Å². The molecule has 0 unspecified atom stereocenters. The Labute approximate surface area is 159 Å². The van der Waals surface area contributed by atoms with Gasteiger partial charge in [0.2, 0.25) is 5.91 Å². The molecule has 0 aliphatic carbocycles. The largest absolute Gasteiger partial charge is 0.325 e. The average Bonchev–Trinajstić information content (AvgIpc) is 2.63. The quantitative estimate of drug-likeness (QED) is 0.400. The highest BCUT2D eigenvalue weighted by molar-refractivity contribution is 14.1. The molecule has 0 spiro atoms. The Hall–Kier alpha value is -1.79. The second kappa shape index (κ2) is 8.35. The van der Waals surface area contributed by atoms with E-state index in [-0.39, 0.29) is 11.2 Å². The standard InChI is InChI=1S/C20H16INOS/c21-16-11-13-17(14-12-16)22-20(23)19(15-7-3-1-4-8-15)24-18-9-5-2-6-10-18/h1-14,19H,(H,22,23)/t19-/m0/s1. The SMILES string of the molecule is O=C(Nc1ccc(I)cc1)[C@@H](Sc1ccccc1)c1ccccc1. The second-order valence-electron chi connectivity index (χ2n) is 5.22. The van der Waals surface area contributed by atoms with E-state index in [9.17, 15) is 4.79 Å². The topological polar surface area (TPSA) is 29.1 Å². The summed E-state index contributed by atoms with van der Waals surface area (Å²) in [7, 11) is 0. The van der Waals surface area contributed by atoms with Crippen molar-refractivity contribution in [3.63, 3.8) is 0 Å². The highest BCUT2D eigenvalue weighted by Gasteiger charge is 2.22. The van der Waals surface area contributed by atoms with Crippen molar-refractivity contribution in [3.8, 4) is 0 Å². The monoisotopic (exact) mass is 445 g/mol. The molecule has 0 aliphatic rings. The minimum atomic E-state index is -0.298. The number of hydrogen-bond donors (Lipinski definition) is 1. The van der Waals surface area contributed by atoms with Gasteiger partial charge in [-0.05, 0) is 64.6 Å². The minimum absolute atomic E-state index is 0.0174. The van der Waals surface area contributed by atoms with Crippen LogP contribution in [0.2, 0.25) is 0 Å². The summed E-state index contributed by atoms with van der Waals surface area (Å²) in [5, 5.41) is 2.73. The number of thioether (sulfide) groups is 1. The summed E-state index contributed by atoms with van der Waals surface area (Å²) < 4.78 is 1.14. The van der Waals surface area contributed by atoms with Gasteiger partial charge in [0.1, 0.15) is 5.25 Å². The van der Waals surface area contributed by atoms with Gasteiger partial charge in [-0.3, -0.25) is 4.79 Å². The van der Waals surface area contributed by atoms with Crippen molar-refractivity contribution in [3.05, 3.63) is 94.1 Å². The molecule has 0 saturated heterocycles. The van der Waals surface area contributed by atoms with Gasteiger partial charge in [0.05, 0.1) is 0 Å². The molecule has 0 saturated carbocycles. The van der Waals surface area contributed by atoms with Gasteiger partial charge in [-0.15, -0.1) is 11.8 Å². The maximum atomic E-state index is 12.9. The lowest BCUT2D eigenvalue weighted by Crippen LogP contribution is -2.19. The normalized spacial score (nSPS) is 11.7. The molecule has 1 amide bonds. The number of nitrogens with one attached hydrogen (secondary N) is 1. The van der Waals surface area contributed by atoms with Crippen molar-refractivity contribution in [1.29, 1.82) is 0 Å². The first-order valence-corrected chi connectivity index (χ1v) is 9.51. The van der Waals surface area contributed by atoms with Crippen molar-refractivity contribution in [2.75, 3.05) is 5.32 Å². The van der Waals surface area contributed by atoms with Crippen LogP contribution < -0.4 is 5.32 Å². The molecule has 2 nitrogen and oxygen atoms in total. The Bertz CT molecular complexity index is 791. The smallest absolute Gasteiger partial charge is 0.242 e. The van der Waals surface area contributed by atoms with Gasteiger partial charge < -0.3 is 5.32 Å². The van der Waals surface area contributed by atoms with Crippen LogP contribution in [0.3, 0.4) is 0 Å². The molecule has 3 aromatic carbocycles. The molecular weight excluding hydrogens is 429 g/mol. The molecule has 1 N–H and O–H groups in total. The van der Waals surface area contributed by atoms with Crippen molar-refractivity contribution in [1.82, 2.24) is 0 Å². The lowest BCUT2D eigenvalue weighted by atomic mass is 10.1. The number of rotatable bonds is 5. The van der Waals surface area contributed by atoms with Crippen molar-refractivity contribution < 1.29 is 4.79 Å². The first kappa shape index (κ1) is 17.0. The minimum Gasteiger partial charge on any atom is -0.325 e. The van der Waals surface area contributed by atoms with E-state index in [0.717, 1.165) is 19.7 Å². The second-order valence-corrected chi connectivity index (χ2v) is 7.64. The summed E-state index contributed by atoms with van der Waals surface area (Å²) in [4.78, 5) is 13.9. The van der Waals surface area contributed by atoms with Crippen LogP contribution in [-0.2, 0) is 4.79 Å². The van der Waals surface area contributed by atoms with Gasteiger partial charge >= 0.3 is 0 Å². The third-order valence-corrected chi connectivity index (χ3v) is 5.43. The fraction of sp³-hybridized carbons (Fsp3) is 0.0500. The van der Waals surface area contributed by atoms with Crippen molar-refractivity contribution in [2.45, 2.75) is 10.1 Å². The molecule has 0 radical (unpaired) electrons. The van der Waals surface area contributed by atoms with Crippen LogP contribution >= 0.6 is 34.4 Å². The van der Waals surface area contributed by atoms with E-state index < -0.39 is 0 Å². The van der Waals surface area contributed by atoms with Crippen molar-refractivity contribution >= 4 is 45.9 Å². The Kier molecular flexibility index (Phi) is 5.93. The van der Waals surface area contributed by atoms with Crippen molar-refractivity contribution in [2.24, 2.45) is 0 Å². The van der Waals surface area contributed by atoms with E-state index in [4.69, 9.17) is 0 Å². The summed E-state index contributed by atoms with van der Waals surface area (Å²) in [5.74, 6) is -0.0174. The molecule has 3 rings (SSSR count). The third kappa shape index (κ3) is 4.61. The number of benzene rings is 3. The number of carbonyl (C=O) groups is 1. The fourth-order valence-electron chi connectivity index (χ4n) is 2.28. The highest BCUT2D eigenvalue weighted by Crippen LogP contribution is 2.36. The van der Waals surface area contributed by atoms with Crippen LogP contribution in [0.5, 0.6) is 0 Å². The number of halogens is 1. The number of hydrogen-bond acceptors (Lipinski definition) is 2. The summed E-state index contributed by atoms with van der Waals surface area (Å²) in [6.07, 6.45) is 0. The number of anilines is 1. The van der Waals surface area contributed by atoms with E-state index in [2.05, 4.69) is 27.9 Å². The molecule has 0 aliphatic heterocycles. The third-order valence-electron chi connectivity index (χ3n) is 3.45. The fourth-order valence-corrected chi connectivity index (χ4v) is 3.68. The van der Waals surface area contributed by atoms with Crippen LogP contribution in [-0.4, -0.2) is 5.91 Å². The van der Waals surface area contributed by atoms with Crippen LogP contribution in [0.25, 0.3) is 0 Å². The zero-order valence-corrected chi connectivity index (χ0v) is 15.8. The highest BCUT2D eigenvalue weighted by atomic mass is 127. The summed E-state index contributed by atoms with van der Waals surface area (Å²) in [6.45, 7) is 0. The van der Waals surface area contributed by atoms with Crippen LogP contribution in [0.15, 0.2) is 89.8 Å². The molecule has 24 heavy (non-hydrogen) atoms. The zero-order chi connectivity index (χ0) is 16.8. The van der Waals surface area contributed by atoms with Crippen LogP contribution in [0.1, 0.15) is 10.8 Å². The Balaban J connectivity index is 1.83. The molecule has 3 aromatic rings. The predicted octanol–water partition coefficient (Wildman–Crippen LogP) is 5.76. The Morgan fingerprint density at radius 1 is 0.833 bits per heavy atom. The van der Waals surface area contributed by atoms with Gasteiger partial charge in [-0.2, -0.15) is 0 Å². The first-order chi connectivity index (χ1) is 11.7. The molecule has 0 aromatic heterocycles. The molecule has 1 atom stereocenters. The molecular formula is C20H16INOS. The maximum Gasteiger partial charge on any atom is 0.242 e. The van der Waals surface area contributed by atoms with Crippen LogP contribution in [0, 0.1) is 3.57 Å². The number of carbonyl (C=O) groups excluding carboxylic acids is 1. The maximum absolute atomic E-state index is 12.9. The number of amides is 1. The van der Waals surface area contributed by atoms with E-state index >= 15 is 0 Å². The van der Waals surface area contributed by atoms with E-state index in [1.165, 1.54) is 0 Å². The van der Waals surface area contributed by atoms with E-state index in [0.29, 0.717) is 0 Å². The molecule has 0 fully saturated rings. The lowest BCUT2D eigenvalue weighted by molar-refractivity contribution is -0.115. The summed E-state index contributed by atoms with van der Waals surface area (Å²) >= 11 is 3.81. The molecule has 4 heteroatoms.